The van der Waals surface area contributed by atoms with Gasteiger partial charge < -0.3 is 9.47 Å². The first-order valence-electron chi connectivity index (χ1n) is 9.51. The molecule has 3 heterocycles. The van der Waals surface area contributed by atoms with E-state index in [0.717, 1.165) is 62.8 Å². The minimum absolute atomic E-state index is 0.163. The molecular formula is C21H27N3O2. The van der Waals surface area contributed by atoms with E-state index in [4.69, 9.17) is 9.47 Å². The topological polar surface area (TPSA) is 47.5 Å². The molecule has 0 atom stereocenters. The van der Waals surface area contributed by atoms with Crippen LogP contribution in [0.5, 0.6) is 5.75 Å². The molecule has 1 spiro atoms. The van der Waals surface area contributed by atoms with Crippen molar-refractivity contribution in [1.29, 1.82) is 0 Å². The second-order valence-electron chi connectivity index (χ2n) is 7.75. The molecule has 2 aliphatic rings. The number of benzene rings is 1. The molecule has 5 nitrogen and oxygen atoms in total. The van der Waals surface area contributed by atoms with Crippen molar-refractivity contribution < 1.29 is 9.47 Å². The Kier molecular flexibility index (Phi) is 4.92. The van der Waals surface area contributed by atoms with E-state index >= 15 is 0 Å². The number of aromatic nitrogens is 2. The van der Waals surface area contributed by atoms with Gasteiger partial charge in [-0.3, -0.25) is 4.90 Å². The molecule has 26 heavy (non-hydrogen) atoms. The van der Waals surface area contributed by atoms with Gasteiger partial charge in [-0.1, -0.05) is 32.0 Å². The van der Waals surface area contributed by atoms with Crippen LogP contribution in [0.15, 0.2) is 36.7 Å². The molecule has 0 saturated carbocycles. The summed E-state index contributed by atoms with van der Waals surface area (Å²) < 4.78 is 12.1. The monoisotopic (exact) mass is 353 g/mol. The summed E-state index contributed by atoms with van der Waals surface area (Å²) in [5, 5.41) is 0. The normalized spacial score (nSPS) is 19.8. The summed E-state index contributed by atoms with van der Waals surface area (Å²) in [6.45, 7) is 8.38. The maximum atomic E-state index is 6.55. The first-order valence-corrected chi connectivity index (χ1v) is 9.51. The molecule has 1 fully saturated rings. The van der Waals surface area contributed by atoms with Crippen molar-refractivity contribution in [2.75, 3.05) is 19.8 Å². The maximum Gasteiger partial charge on any atom is 0.130 e. The SMILES string of the molecule is CC(C)c1ncc(CN2Cc3ccccc3OC3(CCOCC3)C2)cn1. The van der Waals surface area contributed by atoms with Gasteiger partial charge in [0.25, 0.3) is 0 Å². The number of hydrogen-bond donors (Lipinski definition) is 0. The lowest BCUT2D eigenvalue weighted by Gasteiger charge is -2.39. The molecule has 138 valence electrons. The summed E-state index contributed by atoms with van der Waals surface area (Å²) in [4.78, 5) is 11.5. The van der Waals surface area contributed by atoms with Crippen LogP contribution >= 0.6 is 0 Å². The summed E-state index contributed by atoms with van der Waals surface area (Å²) in [5.74, 6) is 2.27. The van der Waals surface area contributed by atoms with Crippen molar-refractivity contribution in [2.24, 2.45) is 0 Å². The lowest BCUT2D eigenvalue weighted by Crippen LogP contribution is -2.49. The van der Waals surface area contributed by atoms with Gasteiger partial charge in [0.2, 0.25) is 0 Å². The summed E-state index contributed by atoms with van der Waals surface area (Å²) >= 11 is 0. The number of fused-ring (bicyclic) bond motifs is 1. The molecule has 2 aliphatic heterocycles. The second-order valence-corrected chi connectivity index (χ2v) is 7.75. The molecular weight excluding hydrogens is 326 g/mol. The summed E-state index contributed by atoms with van der Waals surface area (Å²) in [5.41, 5.74) is 2.23. The highest BCUT2D eigenvalue weighted by Crippen LogP contribution is 2.35. The standard InChI is InChI=1S/C21H27N3O2/c1-16(2)20-22-11-17(12-23-20)13-24-14-18-5-3-4-6-19(18)26-21(15-24)7-9-25-10-8-21/h3-6,11-12,16H,7-10,13-15H2,1-2H3. The number of hydrogen-bond acceptors (Lipinski definition) is 5. The van der Waals surface area contributed by atoms with E-state index in [-0.39, 0.29) is 5.60 Å². The third-order valence-corrected chi connectivity index (χ3v) is 5.26. The van der Waals surface area contributed by atoms with Gasteiger partial charge in [-0.15, -0.1) is 0 Å². The predicted octanol–water partition coefficient (Wildman–Crippen LogP) is 3.54. The van der Waals surface area contributed by atoms with Crippen LogP contribution in [0.2, 0.25) is 0 Å². The van der Waals surface area contributed by atoms with Crippen LogP contribution in [0.3, 0.4) is 0 Å². The Bertz CT molecular complexity index is 739. The van der Waals surface area contributed by atoms with E-state index in [9.17, 15) is 0 Å². The molecule has 0 aliphatic carbocycles. The minimum atomic E-state index is -0.163. The Morgan fingerprint density at radius 2 is 1.85 bits per heavy atom. The fourth-order valence-electron chi connectivity index (χ4n) is 3.82. The smallest absolute Gasteiger partial charge is 0.130 e. The van der Waals surface area contributed by atoms with Crippen LogP contribution in [-0.4, -0.2) is 40.2 Å². The van der Waals surface area contributed by atoms with Crippen LogP contribution in [-0.2, 0) is 17.8 Å². The second kappa shape index (κ2) is 7.33. The molecule has 0 N–H and O–H groups in total. The average Bonchev–Trinajstić information content (AvgIpc) is 2.78. The Hall–Kier alpha value is -1.98. The summed E-state index contributed by atoms with van der Waals surface area (Å²) in [7, 11) is 0. The zero-order valence-corrected chi connectivity index (χ0v) is 15.6. The van der Waals surface area contributed by atoms with Crippen LogP contribution in [0, 0.1) is 0 Å². The number of ether oxygens (including phenoxy) is 2. The predicted molar refractivity (Wildman–Crippen MR) is 100 cm³/mol. The highest BCUT2D eigenvalue weighted by Gasteiger charge is 2.39. The molecule has 2 aromatic rings. The minimum Gasteiger partial charge on any atom is -0.485 e. The third-order valence-electron chi connectivity index (χ3n) is 5.26. The lowest BCUT2D eigenvalue weighted by atomic mass is 9.93. The van der Waals surface area contributed by atoms with E-state index in [1.165, 1.54) is 5.56 Å². The quantitative estimate of drug-likeness (QED) is 0.845. The molecule has 0 amide bonds. The van der Waals surface area contributed by atoms with Gasteiger partial charge in [0.15, 0.2) is 0 Å². The molecule has 0 radical (unpaired) electrons. The van der Waals surface area contributed by atoms with Gasteiger partial charge in [-0.25, -0.2) is 9.97 Å². The van der Waals surface area contributed by atoms with Gasteiger partial charge in [-0.2, -0.15) is 0 Å². The molecule has 0 bridgehead atoms. The van der Waals surface area contributed by atoms with Crippen LogP contribution in [0.25, 0.3) is 0 Å². The van der Waals surface area contributed by atoms with Crippen molar-refractivity contribution in [3.05, 3.63) is 53.6 Å². The molecule has 0 unspecified atom stereocenters. The van der Waals surface area contributed by atoms with E-state index in [0.29, 0.717) is 5.92 Å². The Morgan fingerprint density at radius 3 is 2.58 bits per heavy atom. The van der Waals surface area contributed by atoms with Crippen molar-refractivity contribution in [2.45, 2.75) is 51.3 Å². The van der Waals surface area contributed by atoms with E-state index in [1.54, 1.807) is 0 Å². The number of para-hydroxylation sites is 1. The molecule has 5 heteroatoms. The number of nitrogens with zero attached hydrogens (tertiary/aromatic N) is 3. The zero-order chi connectivity index (χ0) is 18.0. The van der Waals surface area contributed by atoms with Gasteiger partial charge in [0.1, 0.15) is 17.2 Å². The maximum absolute atomic E-state index is 6.55. The summed E-state index contributed by atoms with van der Waals surface area (Å²) in [6.07, 6.45) is 5.80. The highest BCUT2D eigenvalue weighted by atomic mass is 16.5. The van der Waals surface area contributed by atoms with Crippen molar-refractivity contribution in [3.63, 3.8) is 0 Å². The van der Waals surface area contributed by atoms with Gasteiger partial charge in [0, 0.05) is 61.9 Å². The Labute approximate surface area is 155 Å². The third kappa shape index (κ3) is 3.74. The zero-order valence-electron chi connectivity index (χ0n) is 15.6. The van der Waals surface area contributed by atoms with Crippen LogP contribution in [0.1, 0.15) is 49.6 Å². The van der Waals surface area contributed by atoms with E-state index < -0.39 is 0 Å². The van der Waals surface area contributed by atoms with Crippen molar-refractivity contribution >= 4 is 0 Å². The Balaban J connectivity index is 1.58. The first kappa shape index (κ1) is 17.4. The van der Waals surface area contributed by atoms with Gasteiger partial charge in [0.05, 0.1) is 13.2 Å². The molecule has 4 rings (SSSR count). The van der Waals surface area contributed by atoms with Crippen LogP contribution in [0.4, 0.5) is 0 Å². The van der Waals surface area contributed by atoms with Crippen LogP contribution < -0.4 is 4.74 Å². The molecule has 1 aromatic carbocycles. The largest absolute Gasteiger partial charge is 0.485 e. The fraction of sp³-hybridized carbons (Fsp3) is 0.524. The first-order chi connectivity index (χ1) is 12.6. The van der Waals surface area contributed by atoms with Crippen molar-refractivity contribution in [1.82, 2.24) is 14.9 Å². The summed E-state index contributed by atoms with van der Waals surface area (Å²) in [6, 6.07) is 8.40. The van der Waals surface area contributed by atoms with E-state index in [1.807, 2.05) is 12.4 Å². The molecule has 1 aromatic heterocycles. The van der Waals surface area contributed by atoms with Gasteiger partial charge >= 0.3 is 0 Å². The van der Waals surface area contributed by atoms with Gasteiger partial charge in [-0.05, 0) is 6.07 Å². The number of rotatable bonds is 3. The Morgan fingerprint density at radius 1 is 1.12 bits per heavy atom. The lowest BCUT2D eigenvalue weighted by molar-refractivity contribution is -0.0594. The highest BCUT2D eigenvalue weighted by molar-refractivity contribution is 5.35. The average molecular weight is 353 g/mol. The van der Waals surface area contributed by atoms with Crippen molar-refractivity contribution in [3.8, 4) is 5.75 Å². The molecule has 1 saturated heterocycles. The van der Waals surface area contributed by atoms with E-state index in [2.05, 4.69) is 53.0 Å². The fourth-order valence-corrected chi connectivity index (χ4v) is 3.82.